The Morgan fingerprint density at radius 3 is 2.83 bits per heavy atom. The van der Waals surface area contributed by atoms with E-state index in [0.717, 1.165) is 30.2 Å². The van der Waals surface area contributed by atoms with Gasteiger partial charge in [0, 0.05) is 12.7 Å². The zero-order valence-corrected chi connectivity index (χ0v) is 11.2. The molecule has 0 amide bonds. The van der Waals surface area contributed by atoms with Crippen molar-refractivity contribution < 1.29 is 0 Å². The predicted octanol–water partition coefficient (Wildman–Crippen LogP) is 2.32. The van der Waals surface area contributed by atoms with Crippen molar-refractivity contribution in [2.24, 2.45) is 5.92 Å². The first kappa shape index (κ1) is 12.8. The minimum Gasteiger partial charge on any atom is -0.311 e. The third-order valence-electron chi connectivity index (χ3n) is 2.60. The van der Waals surface area contributed by atoms with E-state index >= 15 is 0 Å². The molecule has 4 nitrogen and oxygen atoms in total. The van der Waals surface area contributed by atoms with Crippen LogP contribution in [-0.4, -0.2) is 21.3 Å². The van der Waals surface area contributed by atoms with Gasteiger partial charge in [0.25, 0.3) is 0 Å². The van der Waals surface area contributed by atoms with Gasteiger partial charge in [-0.1, -0.05) is 19.9 Å². The molecule has 2 aromatic heterocycles. The van der Waals surface area contributed by atoms with E-state index in [1.807, 2.05) is 37.5 Å². The van der Waals surface area contributed by atoms with Crippen molar-refractivity contribution in [1.82, 2.24) is 20.1 Å². The Bertz CT molecular complexity index is 502. The molecular weight excluding hydrogens is 224 g/mol. The summed E-state index contributed by atoms with van der Waals surface area (Å²) < 4.78 is 1.81. The molecule has 0 aliphatic heterocycles. The standard InChI is InChI=1S/C14H20N4/c1-11(2)7-15-9-13-5-4-6-14(17-13)18-10-12(3)8-16-18/h4-6,8,10-11,15H,7,9H2,1-3H3. The van der Waals surface area contributed by atoms with E-state index < -0.39 is 0 Å². The molecule has 2 rings (SSSR count). The van der Waals surface area contributed by atoms with Gasteiger partial charge in [-0.3, -0.25) is 0 Å². The summed E-state index contributed by atoms with van der Waals surface area (Å²) in [5.74, 6) is 1.52. The predicted molar refractivity (Wildman–Crippen MR) is 72.6 cm³/mol. The second kappa shape index (κ2) is 5.78. The summed E-state index contributed by atoms with van der Waals surface area (Å²) in [5.41, 5.74) is 2.18. The van der Waals surface area contributed by atoms with Crippen LogP contribution in [-0.2, 0) is 6.54 Å². The van der Waals surface area contributed by atoms with Gasteiger partial charge in [0.2, 0.25) is 0 Å². The molecular formula is C14H20N4. The topological polar surface area (TPSA) is 42.7 Å². The molecule has 0 spiro atoms. The number of aryl methyl sites for hydroxylation is 1. The zero-order valence-electron chi connectivity index (χ0n) is 11.2. The van der Waals surface area contributed by atoms with Gasteiger partial charge in [-0.25, -0.2) is 9.67 Å². The van der Waals surface area contributed by atoms with Crippen molar-refractivity contribution in [3.05, 3.63) is 41.9 Å². The van der Waals surface area contributed by atoms with Gasteiger partial charge >= 0.3 is 0 Å². The molecule has 0 saturated heterocycles. The lowest BCUT2D eigenvalue weighted by molar-refractivity contribution is 0.547. The monoisotopic (exact) mass is 244 g/mol. The van der Waals surface area contributed by atoms with Crippen LogP contribution in [0.4, 0.5) is 0 Å². The number of nitrogens with zero attached hydrogens (tertiary/aromatic N) is 3. The minimum absolute atomic E-state index is 0.655. The Labute approximate surface area is 108 Å². The van der Waals surface area contributed by atoms with Crippen LogP contribution in [0.25, 0.3) is 5.82 Å². The highest BCUT2D eigenvalue weighted by molar-refractivity contribution is 5.24. The van der Waals surface area contributed by atoms with Gasteiger partial charge in [0.1, 0.15) is 0 Å². The summed E-state index contributed by atoms with van der Waals surface area (Å²) in [7, 11) is 0. The Balaban J connectivity index is 2.05. The van der Waals surface area contributed by atoms with E-state index in [4.69, 9.17) is 0 Å². The van der Waals surface area contributed by atoms with E-state index in [2.05, 4.69) is 29.2 Å². The summed E-state index contributed by atoms with van der Waals surface area (Å²) in [4.78, 5) is 4.59. The van der Waals surface area contributed by atoms with Gasteiger partial charge < -0.3 is 5.32 Å². The summed E-state index contributed by atoms with van der Waals surface area (Å²) in [6, 6.07) is 6.03. The summed E-state index contributed by atoms with van der Waals surface area (Å²) in [5, 5.41) is 7.66. The molecule has 96 valence electrons. The fourth-order valence-corrected chi connectivity index (χ4v) is 1.72. The maximum Gasteiger partial charge on any atom is 0.153 e. The lowest BCUT2D eigenvalue weighted by atomic mass is 10.2. The van der Waals surface area contributed by atoms with Gasteiger partial charge in [0.15, 0.2) is 5.82 Å². The highest BCUT2D eigenvalue weighted by Crippen LogP contribution is 2.06. The van der Waals surface area contributed by atoms with E-state index in [0.29, 0.717) is 5.92 Å². The van der Waals surface area contributed by atoms with Gasteiger partial charge in [-0.15, -0.1) is 0 Å². The first-order valence-corrected chi connectivity index (χ1v) is 6.33. The summed E-state index contributed by atoms with van der Waals surface area (Å²) >= 11 is 0. The highest BCUT2D eigenvalue weighted by atomic mass is 15.3. The maximum absolute atomic E-state index is 4.59. The Kier molecular flexibility index (Phi) is 4.10. The van der Waals surface area contributed by atoms with Crippen LogP contribution in [0.1, 0.15) is 25.1 Å². The molecule has 0 radical (unpaired) electrons. The van der Waals surface area contributed by atoms with Crippen molar-refractivity contribution >= 4 is 0 Å². The van der Waals surface area contributed by atoms with Crippen LogP contribution in [0.5, 0.6) is 0 Å². The van der Waals surface area contributed by atoms with Crippen molar-refractivity contribution in [2.75, 3.05) is 6.54 Å². The summed E-state index contributed by atoms with van der Waals surface area (Å²) in [6.07, 6.45) is 3.82. The van der Waals surface area contributed by atoms with Crippen LogP contribution >= 0.6 is 0 Å². The number of aromatic nitrogens is 3. The van der Waals surface area contributed by atoms with Crippen LogP contribution in [0.2, 0.25) is 0 Å². The smallest absolute Gasteiger partial charge is 0.153 e. The Morgan fingerprint density at radius 2 is 2.17 bits per heavy atom. The number of rotatable bonds is 5. The zero-order chi connectivity index (χ0) is 13.0. The largest absolute Gasteiger partial charge is 0.311 e. The fourth-order valence-electron chi connectivity index (χ4n) is 1.72. The molecule has 0 saturated carbocycles. The third kappa shape index (κ3) is 3.40. The SMILES string of the molecule is Cc1cnn(-c2cccc(CNCC(C)C)n2)c1. The van der Waals surface area contributed by atoms with Crippen molar-refractivity contribution in [3.8, 4) is 5.82 Å². The lowest BCUT2D eigenvalue weighted by Crippen LogP contribution is -2.19. The molecule has 4 heteroatoms. The molecule has 0 fully saturated rings. The van der Waals surface area contributed by atoms with Crippen LogP contribution < -0.4 is 5.32 Å². The molecule has 2 heterocycles. The van der Waals surface area contributed by atoms with E-state index in [1.54, 1.807) is 4.68 Å². The van der Waals surface area contributed by atoms with E-state index in [1.165, 1.54) is 0 Å². The molecule has 1 N–H and O–H groups in total. The second-order valence-electron chi connectivity index (χ2n) is 4.97. The first-order chi connectivity index (χ1) is 8.65. The summed E-state index contributed by atoms with van der Waals surface area (Å²) in [6.45, 7) is 8.23. The first-order valence-electron chi connectivity index (χ1n) is 6.33. The normalized spacial score (nSPS) is 11.1. The molecule has 0 aliphatic carbocycles. The number of nitrogens with one attached hydrogen (secondary N) is 1. The average Bonchev–Trinajstić information content (AvgIpc) is 2.76. The minimum atomic E-state index is 0.655. The van der Waals surface area contributed by atoms with E-state index in [9.17, 15) is 0 Å². The quantitative estimate of drug-likeness (QED) is 0.877. The van der Waals surface area contributed by atoms with Crippen molar-refractivity contribution in [2.45, 2.75) is 27.3 Å². The fraction of sp³-hybridized carbons (Fsp3) is 0.429. The molecule has 0 atom stereocenters. The van der Waals surface area contributed by atoms with Gasteiger partial charge in [-0.05, 0) is 37.1 Å². The Morgan fingerprint density at radius 1 is 1.33 bits per heavy atom. The third-order valence-corrected chi connectivity index (χ3v) is 2.60. The Hall–Kier alpha value is -1.68. The van der Waals surface area contributed by atoms with Crippen LogP contribution in [0.15, 0.2) is 30.6 Å². The van der Waals surface area contributed by atoms with Crippen molar-refractivity contribution in [3.63, 3.8) is 0 Å². The number of hydrogen-bond acceptors (Lipinski definition) is 3. The highest BCUT2D eigenvalue weighted by Gasteiger charge is 2.02. The molecule has 0 aliphatic rings. The van der Waals surface area contributed by atoms with Crippen LogP contribution in [0, 0.1) is 12.8 Å². The lowest BCUT2D eigenvalue weighted by Gasteiger charge is -2.08. The molecule has 0 aromatic carbocycles. The second-order valence-corrected chi connectivity index (χ2v) is 4.97. The number of pyridine rings is 1. The molecule has 2 aromatic rings. The molecule has 18 heavy (non-hydrogen) atoms. The van der Waals surface area contributed by atoms with E-state index in [-0.39, 0.29) is 0 Å². The van der Waals surface area contributed by atoms with Gasteiger partial charge in [0.05, 0.1) is 11.9 Å². The van der Waals surface area contributed by atoms with Crippen LogP contribution in [0.3, 0.4) is 0 Å². The van der Waals surface area contributed by atoms with Gasteiger partial charge in [-0.2, -0.15) is 5.10 Å². The molecule has 0 bridgehead atoms. The number of hydrogen-bond donors (Lipinski definition) is 1. The maximum atomic E-state index is 4.59. The average molecular weight is 244 g/mol. The molecule has 0 unspecified atom stereocenters. The van der Waals surface area contributed by atoms with Crippen molar-refractivity contribution in [1.29, 1.82) is 0 Å².